The molecule has 0 spiro atoms. The Morgan fingerprint density at radius 2 is 2.24 bits per heavy atom. The first-order valence-corrected chi connectivity index (χ1v) is 6.64. The van der Waals surface area contributed by atoms with Gasteiger partial charge in [-0.1, -0.05) is 6.92 Å². The average Bonchev–Trinajstić information content (AvgIpc) is 2.79. The molecule has 4 heteroatoms. The fourth-order valence-corrected chi connectivity index (χ4v) is 2.68. The van der Waals surface area contributed by atoms with Crippen LogP contribution in [0.1, 0.15) is 23.1 Å². The van der Waals surface area contributed by atoms with Crippen LogP contribution in [0.5, 0.6) is 0 Å². The van der Waals surface area contributed by atoms with Crippen molar-refractivity contribution >= 4 is 17.0 Å². The zero-order chi connectivity index (χ0) is 12.1. The summed E-state index contributed by atoms with van der Waals surface area (Å²) in [5.74, 6) is 0. The van der Waals surface area contributed by atoms with Crippen LogP contribution in [0.15, 0.2) is 29.8 Å². The van der Waals surface area contributed by atoms with E-state index < -0.39 is 0 Å². The molecule has 0 amide bonds. The molecule has 3 nitrogen and oxygen atoms in total. The van der Waals surface area contributed by atoms with Gasteiger partial charge in [0.25, 0.3) is 0 Å². The second-order valence-electron chi connectivity index (χ2n) is 3.87. The zero-order valence-corrected chi connectivity index (χ0v) is 10.8. The molecule has 0 radical (unpaired) electrons. The van der Waals surface area contributed by atoms with Crippen molar-refractivity contribution in [3.05, 3.63) is 45.9 Å². The van der Waals surface area contributed by atoms with Crippen LogP contribution in [-0.4, -0.2) is 4.98 Å². The Balaban J connectivity index is 1.90. The zero-order valence-electron chi connectivity index (χ0n) is 9.94. The number of anilines is 1. The van der Waals surface area contributed by atoms with Gasteiger partial charge in [0, 0.05) is 24.2 Å². The molecule has 2 aromatic rings. The van der Waals surface area contributed by atoms with E-state index in [1.165, 1.54) is 10.4 Å². The van der Waals surface area contributed by atoms with Crippen molar-refractivity contribution in [2.45, 2.75) is 26.4 Å². The van der Waals surface area contributed by atoms with Crippen molar-refractivity contribution in [2.24, 2.45) is 0 Å². The van der Waals surface area contributed by atoms with Crippen LogP contribution in [0.2, 0.25) is 0 Å². The summed E-state index contributed by atoms with van der Waals surface area (Å²) in [7, 11) is 0. The van der Waals surface area contributed by atoms with E-state index in [-0.39, 0.29) is 0 Å². The summed E-state index contributed by atoms with van der Waals surface area (Å²) >= 11 is 1.80. The van der Waals surface area contributed by atoms with Gasteiger partial charge in [0.1, 0.15) is 0 Å². The van der Waals surface area contributed by atoms with Crippen LogP contribution in [-0.2, 0) is 19.5 Å². The number of nitrogens with one attached hydrogen (secondary N) is 1. The predicted octanol–water partition coefficient (Wildman–Crippen LogP) is 2.58. The highest BCUT2D eigenvalue weighted by Gasteiger charge is 2.03. The minimum atomic E-state index is 0.716. The summed E-state index contributed by atoms with van der Waals surface area (Å²) in [6.45, 7) is 3.78. The minimum absolute atomic E-state index is 0.716. The van der Waals surface area contributed by atoms with Gasteiger partial charge in [-0.25, -0.2) is 0 Å². The van der Waals surface area contributed by atoms with Gasteiger partial charge in [0.2, 0.25) is 0 Å². The van der Waals surface area contributed by atoms with Crippen molar-refractivity contribution in [2.75, 3.05) is 5.73 Å². The average molecular weight is 247 g/mol. The number of hydrogen-bond acceptors (Lipinski definition) is 4. The van der Waals surface area contributed by atoms with Crippen molar-refractivity contribution in [1.29, 1.82) is 0 Å². The fourth-order valence-electron chi connectivity index (χ4n) is 1.73. The lowest BCUT2D eigenvalue weighted by Gasteiger charge is -2.06. The Morgan fingerprint density at radius 3 is 3.00 bits per heavy atom. The van der Waals surface area contributed by atoms with Gasteiger partial charge in [0.15, 0.2) is 0 Å². The highest BCUT2D eigenvalue weighted by Crippen LogP contribution is 2.17. The van der Waals surface area contributed by atoms with Crippen LogP contribution in [0.25, 0.3) is 0 Å². The largest absolute Gasteiger partial charge is 0.397 e. The number of rotatable bonds is 5. The molecule has 0 unspecified atom stereocenters. The van der Waals surface area contributed by atoms with E-state index in [2.05, 4.69) is 28.7 Å². The van der Waals surface area contributed by atoms with Gasteiger partial charge in [-0.3, -0.25) is 4.98 Å². The maximum Gasteiger partial charge on any atom is 0.0770 e. The van der Waals surface area contributed by atoms with E-state index in [0.29, 0.717) is 6.54 Å². The van der Waals surface area contributed by atoms with Crippen LogP contribution >= 0.6 is 11.3 Å². The van der Waals surface area contributed by atoms with E-state index in [0.717, 1.165) is 24.3 Å². The topological polar surface area (TPSA) is 50.9 Å². The first kappa shape index (κ1) is 12.1. The van der Waals surface area contributed by atoms with E-state index >= 15 is 0 Å². The lowest BCUT2D eigenvalue weighted by molar-refractivity contribution is 0.684. The Bertz CT molecular complexity index is 479. The van der Waals surface area contributed by atoms with Crippen LogP contribution in [0.3, 0.4) is 0 Å². The van der Waals surface area contributed by atoms with E-state index in [4.69, 9.17) is 5.73 Å². The number of hydrogen-bond donors (Lipinski definition) is 2. The van der Waals surface area contributed by atoms with E-state index in [1.54, 1.807) is 17.5 Å². The van der Waals surface area contributed by atoms with Gasteiger partial charge >= 0.3 is 0 Å². The second kappa shape index (κ2) is 5.80. The highest BCUT2D eigenvalue weighted by molar-refractivity contribution is 7.10. The first-order chi connectivity index (χ1) is 8.31. The molecule has 0 bridgehead atoms. The van der Waals surface area contributed by atoms with E-state index in [9.17, 15) is 0 Å². The van der Waals surface area contributed by atoms with Gasteiger partial charge in [-0.05, 0) is 35.6 Å². The summed E-state index contributed by atoms with van der Waals surface area (Å²) in [6, 6.07) is 5.93. The predicted molar refractivity (Wildman–Crippen MR) is 72.9 cm³/mol. The Hall–Kier alpha value is -1.39. The summed E-state index contributed by atoms with van der Waals surface area (Å²) in [5, 5.41) is 5.53. The smallest absolute Gasteiger partial charge is 0.0770 e. The summed E-state index contributed by atoms with van der Waals surface area (Å²) in [4.78, 5) is 5.66. The molecule has 90 valence electrons. The molecule has 2 aromatic heterocycles. The fraction of sp³-hybridized carbons (Fsp3) is 0.308. The lowest BCUT2D eigenvalue weighted by atomic mass is 10.2. The maximum atomic E-state index is 5.84. The molecule has 0 aromatic carbocycles. The molecule has 17 heavy (non-hydrogen) atoms. The number of nitrogens with zero attached hydrogens (tertiary/aromatic N) is 1. The number of aromatic nitrogens is 1. The molecule has 0 saturated heterocycles. The third-order valence-electron chi connectivity index (χ3n) is 2.72. The van der Waals surface area contributed by atoms with Crippen LogP contribution < -0.4 is 11.1 Å². The number of thiophene rings is 1. The van der Waals surface area contributed by atoms with Crippen LogP contribution in [0, 0.1) is 0 Å². The minimum Gasteiger partial charge on any atom is -0.397 e. The molecule has 0 aliphatic heterocycles. The SMILES string of the molecule is CCc1ccsc1CNCc1ncccc1N. The quantitative estimate of drug-likeness (QED) is 0.854. The number of aryl methyl sites for hydroxylation is 1. The van der Waals surface area contributed by atoms with Gasteiger partial charge in [-0.15, -0.1) is 11.3 Å². The Labute approximate surface area is 106 Å². The molecule has 0 fully saturated rings. The molecule has 0 atom stereocenters. The molecule has 2 rings (SSSR count). The highest BCUT2D eigenvalue weighted by atomic mass is 32.1. The summed E-state index contributed by atoms with van der Waals surface area (Å²) < 4.78 is 0. The lowest BCUT2D eigenvalue weighted by Crippen LogP contribution is -2.15. The van der Waals surface area contributed by atoms with Crippen molar-refractivity contribution < 1.29 is 0 Å². The number of nitrogen functional groups attached to an aromatic ring is 1. The van der Waals surface area contributed by atoms with Gasteiger partial charge in [-0.2, -0.15) is 0 Å². The molecule has 0 aliphatic rings. The number of pyridine rings is 1. The molecule has 0 saturated carbocycles. The number of nitrogens with two attached hydrogens (primary N) is 1. The van der Waals surface area contributed by atoms with E-state index in [1.807, 2.05) is 12.1 Å². The Kier molecular flexibility index (Phi) is 4.12. The molecular weight excluding hydrogens is 230 g/mol. The molecule has 0 aliphatic carbocycles. The van der Waals surface area contributed by atoms with Crippen LogP contribution in [0.4, 0.5) is 5.69 Å². The monoisotopic (exact) mass is 247 g/mol. The third-order valence-corrected chi connectivity index (χ3v) is 3.69. The van der Waals surface area contributed by atoms with Crippen molar-refractivity contribution in [1.82, 2.24) is 10.3 Å². The second-order valence-corrected chi connectivity index (χ2v) is 4.87. The summed E-state index contributed by atoms with van der Waals surface area (Å²) in [6.07, 6.45) is 2.86. The Morgan fingerprint density at radius 1 is 1.35 bits per heavy atom. The van der Waals surface area contributed by atoms with Crippen molar-refractivity contribution in [3.63, 3.8) is 0 Å². The maximum absolute atomic E-state index is 5.84. The first-order valence-electron chi connectivity index (χ1n) is 5.76. The standard InChI is InChI=1S/C13H17N3S/c1-2-10-5-7-17-13(10)9-15-8-12-11(14)4-3-6-16-12/h3-7,15H,2,8-9,14H2,1H3. The molecule has 3 N–H and O–H groups in total. The van der Waals surface area contributed by atoms with Gasteiger partial charge < -0.3 is 11.1 Å². The summed E-state index contributed by atoms with van der Waals surface area (Å²) in [5.41, 5.74) is 8.93. The van der Waals surface area contributed by atoms with Crippen molar-refractivity contribution in [3.8, 4) is 0 Å². The molecular formula is C13H17N3S. The molecule has 2 heterocycles. The van der Waals surface area contributed by atoms with Gasteiger partial charge in [0.05, 0.1) is 11.4 Å². The normalized spacial score (nSPS) is 10.6. The third kappa shape index (κ3) is 3.05.